The van der Waals surface area contributed by atoms with Gasteiger partial charge < -0.3 is 10.1 Å². The molecule has 0 aliphatic heterocycles. The van der Waals surface area contributed by atoms with Crippen LogP contribution in [0.3, 0.4) is 0 Å². The second-order valence-corrected chi connectivity index (χ2v) is 7.24. The number of aromatic nitrogens is 1. The SMILES string of the molecule is O=C(N=Nc1c(O)[nH]c2c(Br)cc(Br)cc12)c1ccccc1Br. The van der Waals surface area contributed by atoms with Gasteiger partial charge in [0.25, 0.3) is 5.91 Å². The molecular weight excluding hydrogens is 494 g/mol. The zero-order valence-corrected chi connectivity index (χ0v) is 16.1. The molecule has 0 saturated carbocycles. The number of amides is 1. The number of hydrogen-bond donors (Lipinski definition) is 2. The van der Waals surface area contributed by atoms with E-state index in [0.29, 0.717) is 20.9 Å². The molecule has 3 rings (SSSR count). The Bertz CT molecular complexity index is 951. The van der Waals surface area contributed by atoms with Gasteiger partial charge in [-0.25, -0.2) is 0 Å². The van der Waals surface area contributed by atoms with Gasteiger partial charge in [0.1, 0.15) is 0 Å². The maximum Gasteiger partial charge on any atom is 0.296 e. The fourth-order valence-electron chi connectivity index (χ4n) is 2.08. The Morgan fingerprint density at radius 3 is 2.57 bits per heavy atom. The van der Waals surface area contributed by atoms with Crippen LogP contribution in [-0.4, -0.2) is 16.0 Å². The zero-order chi connectivity index (χ0) is 16.6. The first kappa shape index (κ1) is 16.4. The van der Waals surface area contributed by atoms with E-state index < -0.39 is 5.91 Å². The van der Waals surface area contributed by atoms with Gasteiger partial charge in [-0.15, -0.1) is 10.2 Å². The van der Waals surface area contributed by atoms with Crippen LogP contribution in [0.5, 0.6) is 5.88 Å². The summed E-state index contributed by atoms with van der Waals surface area (Å²) in [5.74, 6) is -0.650. The summed E-state index contributed by atoms with van der Waals surface area (Å²) in [5, 5.41) is 18.3. The summed E-state index contributed by atoms with van der Waals surface area (Å²) in [5.41, 5.74) is 1.29. The third-order valence-corrected chi connectivity index (χ3v) is 4.90. The Balaban J connectivity index is 2.03. The topological polar surface area (TPSA) is 77.8 Å². The third kappa shape index (κ3) is 3.24. The normalized spacial score (nSPS) is 11.4. The van der Waals surface area contributed by atoms with E-state index in [9.17, 15) is 9.90 Å². The van der Waals surface area contributed by atoms with Gasteiger partial charge in [0.15, 0.2) is 5.69 Å². The van der Waals surface area contributed by atoms with E-state index in [0.717, 1.165) is 8.95 Å². The Labute approximate surface area is 156 Å². The van der Waals surface area contributed by atoms with Gasteiger partial charge >= 0.3 is 0 Å². The molecule has 23 heavy (non-hydrogen) atoms. The van der Waals surface area contributed by atoms with Gasteiger partial charge in [0.2, 0.25) is 5.88 Å². The van der Waals surface area contributed by atoms with Crippen molar-refractivity contribution >= 4 is 70.3 Å². The third-order valence-electron chi connectivity index (χ3n) is 3.12. The number of halogens is 3. The molecule has 0 atom stereocenters. The Morgan fingerprint density at radius 2 is 1.83 bits per heavy atom. The number of nitrogens with one attached hydrogen (secondary N) is 1. The van der Waals surface area contributed by atoms with Crippen LogP contribution in [0, 0.1) is 0 Å². The van der Waals surface area contributed by atoms with Crippen molar-refractivity contribution < 1.29 is 9.90 Å². The van der Waals surface area contributed by atoms with Crippen molar-refractivity contribution in [2.24, 2.45) is 10.2 Å². The number of benzene rings is 2. The first-order chi connectivity index (χ1) is 11.0. The zero-order valence-electron chi connectivity index (χ0n) is 11.3. The molecule has 0 spiro atoms. The van der Waals surface area contributed by atoms with Crippen LogP contribution in [0.25, 0.3) is 10.9 Å². The highest BCUT2D eigenvalue weighted by molar-refractivity contribution is 9.11. The number of aromatic hydroxyl groups is 1. The van der Waals surface area contributed by atoms with Gasteiger partial charge in [-0.1, -0.05) is 28.1 Å². The number of carbonyl (C=O) groups excluding carboxylic acids is 1. The minimum Gasteiger partial charge on any atom is -0.493 e. The van der Waals surface area contributed by atoms with Gasteiger partial charge in [0.05, 0.1) is 11.1 Å². The van der Waals surface area contributed by atoms with E-state index in [1.807, 2.05) is 6.07 Å². The number of rotatable bonds is 2. The average molecular weight is 502 g/mol. The van der Waals surface area contributed by atoms with Crippen molar-refractivity contribution in [1.82, 2.24) is 4.98 Å². The van der Waals surface area contributed by atoms with Gasteiger partial charge in [-0.05, 0) is 56.1 Å². The Morgan fingerprint density at radius 1 is 1.09 bits per heavy atom. The second-order valence-electron chi connectivity index (χ2n) is 4.62. The molecule has 1 heterocycles. The first-order valence-corrected chi connectivity index (χ1v) is 8.75. The number of aromatic amines is 1. The lowest BCUT2D eigenvalue weighted by atomic mass is 10.2. The predicted octanol–water partition coefficient (Wildman–Crippen LogP) is 6.09. The van der Waals surface area contributed by atoms with E-state index in [2.05, 4.69) is 63.0 Å². The lowest BCUT2D eigenvalue weighted by Crippen LogP contribution is -1.94. The van der Waals surface area contributed by atoms with E-state index >= 15 is 0 Å². The minimum atomic E-state index is -0.500. The maximum atomic E-state index is 12.1. The molecule has 0 saturated heterocycles. The summed E-state index contributed by atoms with van der Waals surface area (Å²) in [6.45, 7) is 0. The number of azo groups is 1. The summed E-state index contributed by atoms with van der Waals surface area (Å²) >= 11 is 10.1. The average Bonchev–Trinajstić information content (AvgIpc) is 2.81. The summed E-state index contributed by atoms with van der Waals surface area (Å²) in [6.07, 6.45) is 0. The molecule has 3 aromatic rings. The number of nitrogens with zero attached hydrogens (tertiary/aromatic N) is 2. The van der Waals surface area contributed by atoms with Crippen molar-refractivity contribution in [1.29, 1.82) is 0 Å². The van der Waals surface area contributed by atoms with E-state index in [4.69, 9.17) is 0 Å². The lowest BCUT2D eigenvalue weighted by molar-refractivity contribution is 0.0994. The number of H-pyrrole nitrogens is 1. The molecule has 2 aromatic carbocycles. The highest BCUT2D eigenvalue weighted by Gasteiger charge is 2.15. The fraction of sp³-hybridized carbons (Fsp3) is 0. The lowest BCUT2D eigenvalue weighted by Gasteiger charge is -1.98. The predicted molar refractivity (Wildman–Crippen MR) is 98.4 cm³/mol. The van der Waals surface area contributed by atoms with E-state index in [-0.39, 0.29) is 11.6 Å². The molecule has 0 radical (unpaired) electrons. The number of carbonyl (C=O) groups is 1. The molecule has 2 N–H and O–H groups in total. The second kappa shape index (κ2) is 6.54. The van der Waals surface area contributed by atoms with Crippen molar-refractivity contribution in [3.8, 4) is 5.88 Å². The smallest absolute Gasteiger partial charge is 0.296 e. The van der Waals surface area contributed by atoms with Crippen LogP contribution in [-0.2, 0) is 0 Å². The molecule has 1 amide bonds. The van der Waals surface area contributed by atoms with Crippen LogP contribution in [0.15, 0.2) is 60.0 Å². The highest BCUT2D eigenvalue weighted by atomic mass is 79.9. The molecule has 5 nitrogen and oxygen atoms in total. The summed E-state index contributed by atoms with van der Waals surface area (Å²) in [4.78, 5) is 15.0. The van der Waals surface area contributed by atoms with Gasteiger partial charge in [0, 0.05) is 18.8 Å². The Hall–Kier alpha value is -1.51. The summed E-state index contributed by atoms with van der Waals surface area (Å²) in [7, 11) is 0. The van der Waals surface area contributed by atoms with Crippen LogP contribution in [0.4, 0.5) is 5.69 Å². The molecule has 8 heteroatoms. The Kier molecular flexibility index (Phi) is 4.65. The standard InChI is InChI=1S/C15H8Br3N3O2/c16-7-5-9-12(11(18)6-7)19-15(23)13(9)20-21-14(22)8-3-1-2-4-10(8)17/h1-6,19,23H. The van der Waals surface area contributed by atoms with E-state index in [1.165, 1.54) is 0 Å². The van der Waals surface area contributed by atoms with Crippen LogP contribution >= 0.6 is 47.8 Å². The summed E-state index contributed by atoms with van der Waals surface area (Å²) < 4.78 is 2.21. The van der Waals surface area contributed by atoms with E-state index in [1.54, 1.807) is 30.3 Å². The van der Waals surface area contributed by atoms with Crippen molar-refractivity contribution in [3.63, 3.8) is 0 Å². The van der Waals surface area contributed by atoms with Crippen LogP contribution in [0.2, 0.25) is 0 Å². The molecule has 1 aromatic heterocycles. The van der Waals surface area contributed by atoms with Gasteiger partial charge in [-0.2, -0.15) is 0 Å². The molecule has 0 bridgehead atoms. The summed E-state index contributed by atoms with van der Waals surface area (Å²) in [6, 6.07) is 10.6. The maximum absolute atomic E-state index is 12.1. The van der Waals surface area contributed by atoms with Crippen molar-refractivity contribution in [2.45, 2.75) is 0 Å². The number of hydrogen-bond acceptors (Lipinski definition) is 3. The van der Waals surface area contributed by atoms with Crippen LogP contribution < -0.4 is 0 Å². The molecular formula is C15H8Br3N3O2. The molecule has 0 unspecified atom stereocenters. The van der Waals surface area contributed by atoms with Crippen LogP contribution in [0.1, 0.15) is 10.4 Å². The monoisotopic (exact) mass is 499 g/mol. The first-order valence-electron chi connectivity index (χ1n) is 6.37. The molecule has 116 valence electrons. The quantitative estimate of drug-likeness (QED) is 0.417. The van der Waals surface area contributed by atoms with Gasteiger partial charge in [-0.3, -0.25) is 4.79 Å². The largest absolute Gasteiger partial charge is 0.493 e. The minimum absolute atomic E-state index is 0.150. The molecule has 0 aliphatic carbocycles. The molecule has 0 aliphatic rings. The highest BCUT2D eigenvalue weighted by Crippen LogP contribution is 2.40. The number of fused-ring (bicyclic) bond motifs is 1. The fourth-order valence-corrected chi connectivity index (χ4v) is 3.86. The van der Waals surface area contributed by atoms with Crippen molar-refractivity contribution in [2.75, 3.05) is 0 Å². The van der Waals surface area contributed by atoms with Crippen molar-refractivity contribution in [3.05, 3.63) is 55.4 Å². The molecule has 0 fully saturated rings.